The van der Waals surface area contributed by atoms with E-state index in [2.05, 4.69) is 5.32 Å². The Kier molecular flexibility index (Phi) is 4.66. The predicted molar refractivity (Wildman–Crippen MR) is 74.9 cm³/mol. The van der Waals surface area contributed by atoms with Crippen molar-refractivity contribution in [1.29, 1.82) is 0 Å². The number of hydrogen-bond acceptors (Lipinski definition) is 2. The van der Waals surface area contributed by atoms with E-state index in [4.69, 9.17) is 0 Å². The number of allylic oxidation sites excluding steroid dienone is 1. The molecule has 20 heavy (non-hydrogen) atoms. The maximum atomic E-state index is 12.8. The van der Waals surface area contributed by atoms with Crippen LogP contribution in [0.25, 0.3) is 0 Å². The van der Waals surface area contributed by atoms with E-state index in [1.807, 2.05) is 6.08 Å². The summed E-state index contributed by atoms with van der Waals surface area (Å²) in [5, 5.41) is 2.83. The van der Waals surface area contributed by atoms with Gasteiger partial charge >= 0.3 is 0 Å². The average Bonchev–Trinajstić information content (AvgIpc) is 2.93. The first-order chi connectivity index (χ1) is 9.56. The molecule has 1 aliphatic carbocycles. The zero-order chi connectivity index (χ0) is 14.5. The molecule has 0 radical (unpaired) electrons. The van der Waals surface area contributed by atoms with Crippen LogP contribution in [0.1, 0.15) is 43.0 Å². The first-order valence-electron chi connectivity index (χ1n) is 6.85. The van der Waals surface area contributed by atoms with E-state index < -0.39 is 0 Å². The fourth-order valence-electron chi connectivity index (χ4n) is 2.28. The molecule has 0 saturated heterocycles. The lowest BCUT2D eigenvalue weighted by atomic mass is 10.0. The van der Waals surface area contributed by atoms with Crippen molar-refractivity contribution in [3.05, 3.63) is 47.3 Å². The summed E-state index contributed by atoms with van der Waals surface area (Å²) in [4.78, 5) is 23.9. The number of amides is 1. The van der Waals surface area contributed by atoms with Gasteiger partial charge in [0.25, 0.3) is 0 Å². The fourth-order valence-corrected chi connectivity index (χ4v) is 2.28. The molecule has 1 aliphatic rings. The normalized spacial score (nSPS) is 15.6. The molecule has 1 N–H and O–H groups in total. The van der Waals surface area contributed by atoms with E-state index in [0.717, 1.165) is 24.8 Å². The van der Waals surface area contributed by atoms with Crippen molar-refractivity contribution in [1.82, 2.24) is 5.32 Å². The summed E-state index contributed by atoms with van der Waals surface area (Å²) in [5.74, 6) is -0.545. The van der Waals surface area contributed by atoms with Crippen LogP contribution >= 0.6 is 0 Å². The molecule has 0 aliphatic heterocycles. The van der Waals surface area contributed by atoms with Gasteiger partial charge in [0.1, 0.15) is 5.82 Å². The van der Waals surface area contributed by atoms with Gasteiger partial charge in [-0.25, -0.2) is 4.39 Å². The van der Waals surface area contributed by atoms with E-state index in [9.17, 15) is 14.0 Å². The fraction of sp³-hybridized carbons (Fsp3) is 0.375. The first kappa shape index (κ1) is 14.4. The smallest absolute Gasteiger partial charge is 0.247 e. The monoisotopic (exact) mass is 275 g/mol. The van der Waals surface area contributed by atoms with Gasteiger partial charge in [0.15, 0.2) is 5.78 Å². The Morgan fingerprint density at radius 2 is 2.00 bits per heavy atom. The summed E-state index contributed by atoms with van der Waals surface area (Å²) in [6, 6.07) is 5.22. The highest BCUT2D eigenvalue weighted by Gasteiger charge is 2.17. The van der Waals surface area contributed by atoms with Crippen molar-refractivity contribution in [2.45, 2.75) is 38.6 Å². The Morgan fingerprint density at radius 3 is 2.60 bits per heavy atom. The lowest BCUT2D eigenvalue weighted by molar-refractivity contribution is -0.118. The third-order valence-corrected chi connectivity index (χ3v) is 3.37. The number of carbonyl (C=O) groups is 2. The zero-order valence-corrected chi connectivity index (χ0v) is 11.5. The van der Waals surface area contributed by atoms with E-state index >= 15 is 0 Å². The Bertz CT molecular complexity index is 534. The molecule has 0 aromatic heterocycles. The molecular weight excluding hydrogens is 257 g/mol. The largest absolute Gasteiger partial charge is 0.349 e. The molecule has 1 aromatic carbocycles. The van der Waals surface area contributed by atoms with Crippen LogP contribution < -0.4 is 5.32 Å². The maximum absolute atomic E-state index is 12.8. The van der Waals surface area contributed by atoms with Crippen molar-refractivity contribution < 1.29 is 14.0 Å². The van der Waals surface area contributed by atoms with Crippen molar-refractivity contribution in [2.75, 3.05) is 0 Å². The maximum Gasteiger partial charge on any atom is 0.247 e. The summed E-state index contributed by atoms with van der Waals surface area (Å²) in [7, 11) is 0. The number of rotatable bonds is 5. The van der Waals surface area contributed by atoms with Crippen molar-refractivity contribution in [3.8, 4) is 0 Å². The van der Waals surface area contributed by atoms with Crippen LogP contribution in [0.5, 0.6) is 0 Å². The van der Waals surface area contributed by atoms with E-state index in [1.165, 1.54) is 24.3 Å². The number of nitrogens with one attached hydrogen (secondary N) is 1. The number of benzene rings is 1. The molecule has 0 saturated carbocycles. The minimum atomic E-state index is -0.365. The van der Waals surface area contributed by atoms with Gasteiger partial charge in [-0.15, -0.1) is 0 Å². The Morgan fingerprint density at radius 1 is 1.30 bits per heavy atom. The third-order valence-electron chi connectivity index (χ3n) is 3.37. The Labute approximate surface area is 117 Å². The summed E-state index contributed by atoms with van der Waals surface area (Å²) < 4.78 is 12.8. The summed E-state index contributed by atoms with van der Waals surface area (Å²) >= 11 is 0. The van der Waals surface area contributed by atoms with E-state index in [1.54, 1.807) is 6.92 Å². The second-order valence-electron chi connectivity index (χ2n) is 5.13. The van der Waals surface area contributed by atoms with Gasteiger partial charge in [-0.3, -0.25) is 9.59 Å². The zero-order valence-electron chi connectivity index (χ0n) is 11.5. The van der Waals surface area contributed by atoms with Crippen molar-refractivity contribution >= 4 is 11.7 Å². The number of halogens is 1. The van der Waals surface area contributed by atoms with Gasteiger partial charge in [0.05, 0.1) is 0 Å². The van der Waals surface area contributed by atoms with Gasteiger partial charge in [-0.05, 0) is 50.5 Å². The topological polar surface area (TPSA) is 46.2 Å². The number of carbonyl (C=O) groups excluding carboxylic acids is 2. The highest BCUT2D eigenvalue weighted by Crippen LogP contribution is 2.17. The van der Waals surface area contributed by atoms with Crippen LogP contribution in [0.4, 0.5) is 4.39 Å². The second kappa shape index (κ2) is 6.46. The third kappa shape index (κ3) is 3.76. The van der Waals surface area contributed by atoms with Crippen molar-refractivity contribution in [2.24, 2.45) is 0 Å². The molecule has 0 fully saturated rings. The van der Waals surface area contributed by atoms with Gasteiger partial charge in [0, 0.05) is 23.6 Å². The van der Waals surface area contributed by atoms with Gasteiger partial charge < -0.3 is 5.32 Å². The van der Waals surface area contributed by atoms with Crippen LogP contribution in [-0.4, -0.2) is 17.7 Å². The highest BCUT2D eigenvalue weighted by atomic mass is 19.1. The molecule has 106 valence electrons. The number of hydrogen-bond donors (Lipinski definition) is 1. The SMILES string of the molecule is C[C@@H](CC(=O)c1ccc(F)cc1)NC(=O)C1=CCCC1. The van der Waals surface area contributed by atoms with E-state index in [-0.39, 0.29) is 30.0 Å². The molecule has 1 atom stereocenters. The lowest BCUT2D eigenvalue weighted by Gasteiger charge is -2.13. The van der Waals surface area contributed by atoms with Crippen LogP contribution in [-0.2, 0) is 4.79 Å². The molecule has 1 amide bonds. The molecule has 3 nitrogen and oxygen atoms in total. The van der Waals surface area contributed by atoms with Crippen LogP contribution in [0.15, 0.2) is 35.9 Å². The molecule has 1 aromatic rings. The van der Waals surface area contributed by atoms with Gasteiger partial charge in [-0.1, -0.05) is 6.08 Å². The minimum absolute atomic E-state index is 0.0816. The molecule has 4 heteroatoms. The predicted octanol–water partition coefficient (Wildman–Crippen LogP) is 3.01. The van der Waals surface area contributed by atoms with E-state index in [0.29, 0.717) is 5.56 Å². The molecule has 0 unspecified atom stereocenters. The molecule has 0 spiro atoms. The quantitative estimate of drug-likeness (QED) is 0.840. The molecule has 0 heterocycles. The lowest BCUT2D eigenvalue weighted by Crippen LogP contribution is -2.34. The van der Waals surface area contributed by atoms with Crippen LogP contribution in [0.2, 0.25) is 0 Å². The highest BCUT2D eigenvalue weighted by molar-refractivity contribution is 5.97. The van der Waals surface area contributed by atoms with Crippen molar-refractivity contribution in [3.63, 3.8) is 0 Å². The summed E-state index contributed by atoms with van der Waals surface area (Å²) in [6.07, 6.45) is 4.94. The molecular formula is C16H18FNO2. The van der Waals surface area contributed by atoms with Crippen LogP contribution in [0, 0.1) is 5.82 Å². The first-order valence-corrected chi connectivity index (χ1v) is 6.85. The van der Waals surface area contributed by atoms with Gasteiger partial charge in [0.2, 0.25) is 5.91 Å². The number of ketones is 1. The second-order valence-corrected chi connectivity index (χ2v) is 5.13. The Balaban J connectivity index is 1.87. The van der Waals surface area contributed by atoms with Gasteiger partial charge in [-0.2, -0.15) is 0 Å². The minimum Gasteiger partial charge on any atom is -0.349 e. The standard InChI is InChI=1S/C16H18FNO2/c1-11(18-16(20)13-4-2-3-5-13)10-15(19)12-6-8-14(17)9-7-12/h4,6-9,11H,2-3,5,10H2,1H3,(H,18,20)/t11-/m0/s1. The number of Topliss-reactive ketones (excluding diaryl/α,β-unsaturated/α-hetero) is 1. The average molecular weight is 275 g/mol. The Hall–Kier alpha value is -1.97. The summed E-state index contributed by atoms with van der Waals surface area (Å²) in [6.45, 7) is 1.80. The summed E-state index contributed by atoms with van der Waals surface area (Å²) in [5.41, 5.74) is 1.28. The molecule has 0 bridgehead atoms. The molecule has 2 rings (SSSR count). The van der Waals surface area contributed by atoms with Crippen LogP contribution in [0.3, 0.4) is 0 Å².